The number of nitrogens with zero attached hydrogens (tertiary/aromatic N) is 2. The van der Waals surface area contributed by atoms with Crippen molar-refractivity contribution in [2.45, 2.75) is 13.8 Å². The van der Waals surface area contributed by atoms with Crippen LogP contribution in [0.5, 0.6) is 0 Å². The van der Waals surface area contributed by atoms with Crippen LogP contribution in [0.15, 0.2) is 84.9 Å². The van der Waals surface area contributed by atoms with Crippen molar-refractivity contribution in [1.29, 1.82) is 0 Å². The van der Waals surface area contributed by atoms with Crippen LogP contribution in [0, 0.1) is 13.8 Å². The number of aromatic amines is 2. The standard InChI is InChI=1S/C31H28N4/c1-19-30(24-9-5-7-11-26(24)32-19)28-17-22(21-13-15-23(16-14-21)35(3)4)18-29(34-28)31-20(2)33-27-12-8-6-10-25(27)31/h5-18,32-33H,1-4H3. The average Bonchev–Trinajstić information content (AvgIpc) is 3.38. The third-order valence-electron chi connectivity index (χ3n) is 6.84. The second-order valence-corrected chi connectivity index (χ2v) is 9.41. The summed E-state index contributed by atoms with van der Waals surface area (Å²) in [7, 11) is 4.13. The number of hydrogen-bond acceptors (Lipinski definition) is 2. The SMILES string of the molecule is Cc1[nH]c2ccccc2c1-c1cc(-c2ccc(N(C)C)cc2)cc(-c2c(C)[nH]c3ccccc23)n1. The zero-order valence-electron chi connectivity index (χ0n) is 20.5. The lowest BCUT2D eigenvalue weighted by molar-refractivity contribution is 1.13. The molecule has 3 aromatic carbocycles. The van der Waals surface area contributed by atoms with Crippen LogP contribution in [0.25, 0.3) is 55.4 Å². The molecule has 3 heterocycles. The van der Waals surface area contributed by atoms with Crippen LogP contribution in [0.3, 0.4) is 0 Å². The number of para-hydroxylation sites is 2. The van der Waals surface area contributed by atoms with Gasteiger partial charge in [-0.05, 0) is 61.4 Å². The Morgan fingerprint density at radius 1 is 0.600 bits per heavy atom. The van der Waals surface area contributed by atoms with Crippen LogP contribution in [0.4, 0.5) is 5.69 Å². The quantitative estimate of drug-likeness (QED) is 0.285. The first-order chi connectivity index (χ1) is 17.0. The number of rotatable bonds is 4. The van der Waals surface area contributed by atoms with Gasteiger partial charge in [-0.3, -0.25) is 0 Å². The van der Waals surface area contributed by atoms with Gasteiger partial charge in [-0.25, -0.2) is 4.98 Å². The molecule has 6 rings (SSSR count). The molecule has 4 heteroatoms. The van der Waals surface area contributed by atoms with E-state index in [4.69, 9.17) is 4.98 Å². The molecule has 0 aliphatic rings. The van der Waals surface area contributed by atoms with E-state index >= 15 is 0 Å². The zero-order chi connectivity index (χ0) is 24.1. The lowest BCUT2D eigenvalue weighted by atomic mass is 9.97. The van der Waals surface area contributed by atoms with Gasteiger partial charge >= 0.3 is 0 Å². The van der Waals surface area contributed by atoms with E-state index in [9.17, 15) is 0 Å². The Morgan fingerprint density at radius 3 is 1.57 bits per heavy atom. The van der Waals surface area contributed by atoms with Crippen molar-refractivity contribution < 1.29 is 0 Å². The van der Waals surface area contributed by atoms with Crippen molar-refractivity contribution in [1.82, 2.24) is 15.0 Å². The summed E-state index contributed by atoms with van der Waals surface area (Å²) in [5.74, 6) is 0. The summed E-state index contributed by atoms with van der Waals surface area (Å²) in [6, 6.07) is 30.1. The first kappa shape index (κ1) is 21.2. The summed E-state index contributed by atoms with van der Waals surface area (Å²) in [4.78, 5) is 14.5. The number of pyridine rings is 1. The minimum absolute atomic E-state index is 0.980. The van der Waals surface area contributed by atoms with E-state index in [-0.39, 0.29) is 0 Å². The van der Waals surface area contributed by atoms with Gasteiger partial charge in [0.15, 0.2) is 0 Å². The number of aryl methyl sites for hydroxylation is 2. The first-order valence-corrected chi connectivity index (χ1v) is 11.9. The highest BCUT2D eigenvalue weighted by Crippen LogP contribution is 2.38. The number of nitrogens with one attached hydrogen (secondary N) is 2. The van der Waals surface area contributed by atoms with Gasteiger partial charge in [0.2, 0.25) is 0 Å². The van der Waals surface area contributed by atoms with Crippen molar-refractivity contribution in [3.05, 3.63) is 96.3 Å². The second kappa shape index (κ2) is 8.17. The Hall–Kier alpha value is -4.31. The van der Waals surface area contributed by atoms with Crippen molar-refractivity contribution in [2.24, 2.45) is 0 Å². The normalized spacial score (nSPS) is 11.4. The maximum atomic E-state index is 5.26. The van der Waals surface area contributed by atoms with Crippen LogP contribution in [0.1, 0.15) is 11.4 Å². The molecule has 0 spiro atoms. The molecule has 0 aliphatic carbocycles. The highest BCUT2D eigenvalue weighted by molar-refractivity contribution is 6.00. The molecule has 6 aromatic rings. The van der Waals surface area contributed by atoms with Crippen LogP contribution in [-0.2, 0) is 0 Å². The molecule has 2 N–H and O–H groups in total. The Morgan fingerprint density at radius 2 is 1.09 bits per heavy atom. The van der Waals surface area contributed by atoms with E-state index in [1.54, 1.807) is 0 Å². The Balaban J connectivity index is 1.63. The third kappa shape index (κ3) is 3.58. The predicted octanol–water partition coefficient (Wildman–Crippen LogP) is 7.73. The number of aromatic nitrogens is 3. The van der Waals surface area contributed by atoms with E-state index in [1.807, 2.05) is 0 Å². The molecular weight excluding hydrogens is 428 g/mol. The average molecular weight is 457 g/mol. The van der Waals surface area contributed by atoms with E-state index in [0.717, 1.165) is 50.5 Å². The molecule has 4 nitrogen and oxygen atoms in total. The maximum Gasteiger partial charge on any atom is 0.0739 e. The van der Waals surface area contributed by atoms with E-state index in [2.05, 4.69) is 128 Å². The van der Waals surface area contributed by atoms with Gasteiger partial charge in [-0.1, -0.05) is 48.5 Å². The Kier molecular flexibility index (Phi) is 4.96. The smallest absolute Gasteiger partial charge is 0.0739 e. The van der Waals surface area contributed by atoms with Crippen LogP contribution in [-0.4, -0.2) is 29.0 Å². The fourth-order valence-corrected chi connectivity index (χ4v) is 5.12. The number of H-pyrrole nitrogens is 2. The Bertz CT molecular complexity index is 1590. The molecule has 0 bridgehead atoms. The van der Waals surface area contributed by atoms with Crippen LogP contribution in [0.2, 0.25) is 0 Å². The van der Waals surface area contributed by atoms with E-state index in [1.165, 1.54) is 22.0 Å². The monoisotopic (exact) mass is 456 g/mol. The van der Waals surface area contributed by atoms with Gasteiger partial charge in [0.1, 0.15) is 0 Å². The fourth-order valence-electron chi connectivity index (χ4n) is 5.12. The summed E-state index contributed by atoms with van der Waals surface area (Å²) >= 11 is 0. The third-order valence-corrected chi connectivity index (χ3v) is 6.84. The lowest BCUT2D eigenvalue weighted by Crippen LogP contribution is -2.07. The summed E-state index contributed by atoms with van der Waals surface area (Å²) in [6.45, 7) is 4.26. The topological polar surface area (TPSA) is 47.7 Å². The van der Waals surface area contributed by atoms with E-state index < -0.39 is 0 Å². The molecular formula is C31H28N4. The molecule has 0 atom stereocenters. The van der Waals surface area contributed by atoms with Crippen molar-refractivity contribution in [3.8, 4) is 33.6 Å². The molecule has 0 fully saturated rings. The van der Waals surface area contributed by atoms with Gasteiger partial charge < -0.3 is 14.9 Å². The Labute approximate surface area is 205 Å². The van der Waals surface area contributed by atoms with Crippen molar-refractivity contribution in [3.63, 3.8) is 0 Å². The molecule has 0 saturated carbocycles. The summed E-state index contributed by atoms with van der Waals surface area (Å²) in [5.41, 5.74) is 12.3. The minimum atomic E-state index is 0.980. The molecule has 0 amide bonds. The van der Waals surface area contributed by atoms with Gasteiger partial charge in [-0.2, -0.15) is 0 Å². The summed E-state index contributed by atoms with van der Waals surface area (Å²) < 4.78 is 0. The molecule has 172 valence electrons. The van der Waals surface area contributed by atoms with Crippen molar-refractivity contribution >= 4 is 27.5 Å². The van der Waals surface area contributed by atoms with Gasteiger partial charge in [0.05, 0.1) is 11.4 Å². The number of hydrogen-bond donors (Lipinski definition) is 2. The van der Waals surface area contributed by atoms with Gasteiger partial charge in [-0.15, -0.1) is 0 Å². The molecule has 0 aliphatic heterocycles. The molecule has 0 saturated heterocycles. The predicted molar refractivity (Wildman–Crippen MR) is 148 cm³/mol. The largest absolute Gasteiger partial charge is 0.378 e. The van der Waals surface area contributed by atoms with E-state index in [0.29, 0.717) is 0 Å². The van der Waals surface area contributed by atoms with Gasteiger partial charge in [0.25, 0.3) is 0 Å². The maximum absolute atomic E-state index is 5.26. The molecule has 35 heavy (non-hydrogen) atoms. The van der Waals surface area contributed by atoms with Gasteiger partial charge in [0, 0.05) is 64.1 Å². The molecule has 0 radical (unpaired) electrons. The number of fused-ring (bicyclic) bond motifs is 2. The summed E-state index contributed by atoms with van der Waals surface area (Å²) in [6.07, 6.45) is 0. The lowest BCUT2D eigenvalue weighted by Gasteiger charge is -2.14. The minimum Gasteiger partial charge on any atom is -0.378 e. The highest BCUT2D eigenvalue weighted by atomic mass is 15.1. The second-order valence-electron chi connectivity index (χ2n) is 9.41. The molecule has 0 unspecified atom stereocenters. The summed E-state index contributed by atoms with van der Waals surface area (Å²) in [5, 5.41) is 2.39. The fraction of sp³-hybridized carbons (Fsp3) is 0.129. The number of anilines is 1. The van der Waals surface area contributed by atoms with Crippen LogP contribution < -0.4 is 4.90 Å². The molecule has 3 aromatic heterocycles. The first-order valence-electron chi connectivity index (χ1n) is 11.9. The van der Waals surface area contributed by atoms with Crippen molar-refractivity contribution in [2.75, 3.05) is 19.0 Å². The van der Waals surface area contributed by atoms with Crippen LogP contribution >= 0.6 is 0 Å². The number of benzene rings is 3. The zero-order valence-corrected chi connectivity index (χ0v) is 20.5. The highest BCUT2D eigenvalue weighted by Gasteiger charge is 2.18.